The van der Waals surface area contributed by atoms with Crippen LogP contribution in [0.4, 0.5) is 5.69 Å². The molecule has 0 aliphatic carbocycles. The van der Waals surface area contributed by atoms with Crippen LogP contribution < -0.4 is 5.32 Å². The molecule has 0 unspecified atom stereocenters. The smallest absolute Gasteiger partial charge is 0.271 e. The molecule has 1 N–H and O–H groups in total. The lowest BCUT2D eigenvalue weighted by molar-refractivity contribution is -0.384. The second-order valence-electron chi connectivity index (χ2n) is 6.79. The summed E-state index contributed by atoms with van der Waals surface area (Å²) in [4.78, 5) is 24.3. The second kappa shape index (κ2) is 6.72. The Labute approximate surface area is 154 Å². The van der Waals surface area contributed by atoms with Gasteiger partial charge < -0.3 is 5.32 Å². The Balaban J connectivity index is 2.12. The van der Waals surface area contributed by atoms with Crippen molar-refractivity contribution in [2.75, 3.05) is 0 Å². The van der Waals surface area contributed by atoms with Gasteiger partial charge in [-0.25, -0.2) is 4.68 Å². The van der Waals surface area contributed by atoms with Crippen molar-refractivity contribution in [2.24, 2.45) is 0 Å². The van der Waals surface area contributed by atoms with Crippen LogP contribution in [-0.2, 0) is 0 Å². The number of hydrogen-bond donors (Lipinski definition) is 1. The van der Waals surface area contributed by atoms with Gasteiger partial charge in [0.25, 0.3) is 11.6 Å². The zero-order chi connectivity index (χ0) is 18.9. The largest absolute Gasteiger partial charge is 0.346 e. The molecule has 3 rings (SSSR count). The van der Waals surface area contributed by atoms with Gasteiger partial charge in [0.1, 0.15) is 11.4 Å². The Hall–Kier alpha value is -3.00. The molecule has 0 atom stereocenters. The Morgan fingerprint density at radius 2 is 2.00 bits per heavy atom. The number of nitrogens with one attached hydrogen (secondary N) is 1. The summed E-state index contributed by atoms with van der Waals surface area (Å²) in [5, 5.41) is 20.4. The Morgan fingerprint density at radius 3 is 2.62 bits per heavy atom. The number of rotatable bonds is 4. The van der Waals surface area contributed by atoms with Gasteiger partial charge in [-0.05, 0) is 44.4 Å². The van der Waals surface area contributed by atoms with E-state index in [2.05, 4.69) is 10.4 Å². The van der Waals surface area contributed by atoms with Gasteiger partial charge in [0.05, 0.1) is 15.5 Å². The third kappa shape index (κ3) is 3.80. The van der Waals surface area contributed by atoms with Crippen molar-refractivity contribution >= 4 is 22.9 Å². The molecular formula is C18H18N4O3S. The maximum atomic E-state index is 12.8. The third-order valence-corrected chi connectivity index (χ3v) is 4.38. The topological polar surface area (TPSA) is 90.1 Å². The van der Waals surface area contributed by atoms with Gasteiger partial charge in [-0.15, -0.1) is 11.3 Å². The molecule has 0 aliphatic heterocycles. The Morgan fingerprint density at radius 1 is 1.23 bits per heavy atom. The van der Waals surface area contributed by atoms with Crippen LogP contribution in [0.25, 0.3) is 16.3 Å². The van der Waals surface area contributed by atoms with Crippen molar-refractivity contribution in [3.05, 3.63) is 63.7 Å². The fourth-order valence-electron chi connectivity index (χ4n) is 2.43. The quantitative estimate of drug-likeness (QED) is 0.554. The van der Waals surface area contributed by atoms with E-state index in [0.29, 0.717) is 17.1 Å². The lowest BCUT2D eigenvalue weighted by Crippen LogP contribution is -2.41. The second-order valence-corrected chi connectivity index (χ2v) is 7.73. The number of carbonyl (C=O) groups is 1. The van der Waals surface area contributed by atoms with Crippen LogP contribution in [0.2, 0.25) is 0 Å². The molecule has 0 aliphatic rings. The fourth-order valence-corrected chi connectivity index (χ4v) is 3.11. The molecular weight excluding hydrogens is 352 g/mol. The minimum Gasteiger partial charge on any atom is -0.346 e. The monoisotopic (exact) mass is 370 g/mol. The molecule has 1 aromatic carbocycles. The average molecular weight is 370 g/mol. The van der Waals surface area contributed by atoms with Crippen molar-refractivity contribution in [2.45, 2.75) is 26.3 Å². The highest BCUT2D eigenvalue weighted by molar-refractivity contribution is 7.13. The van der Waals surface area contributed by atoms with E-state index < -0.39 is 10.5 Å². The predicted molar refractivity (Wildman–Crippen MR) is 101 cm³/mol. The minimum atomic E-state index is -0.470. The van der Waals surface area contributed by atoms with Crippen LogP contribution in [0.15, 0.2) is 47.8 Å². The van der Waals surface area contributed by atoms with E-state index in [1.54, 1.807) is 18.2 Å². The normalized spacial score (nSPS) is 11.3. The number of non-ortho nitro benzene ring substituents is 1. The first-order chi connectivity index (χ1) is 12.2. The van der Waals surface area contributed by atoms with E-state index >= 15 is 0 Å². The number of nitro benzene ring substituents is 1. The van der Waals surface area contributed by atoms with Crippen LogP contribution in [-0.4, -0.2) is 26.1 Å². The summed E-state index contributed by atoms with van der Waals surface area (Å²) in [6.45, 7) is 5.66. The molecule has 0 saturated carbocycles. The Bertz CT molecular complexity index is 955. The molecule has 7 nitrogen and oxygen atoms in total. The summed E-state index contributed by atoms with van der Waals surface area (Å²) < 4.78 is 1.45. The molecule has 134 valence electrons. The van der Waals surface area contributed by atoms with E-state index in [0.717, 1.165) is 4.88 Å². The van der Waals surface area contributed by atoms with Gasteiger partial charge in [-0.3, -0.25) is 14.9 Å². The van der Waals surface area contributed by atoms with Gasteiger partial charge in [0.15, 0.2) is 0 Å². The molecule has 0 spiro atoms. The molecule has 8 heteroatoms. The highest BCUT2D eigenvalue weighted by Gasteiger charge is 2.22. The molecule has 2 heterocycles. The zero-order valence-electron chi connectivity index (χ0n) is 14.6. The van der Waals surface area contributed by atoms with Crippen molar-refractivity contribution in [1.29, 1.82) is 0 Å². The van der Waals surface area contributed by atoms with Crippen LogP contribution in [0.3, 0.4) is 0 Å². The SMILES string of the molecule is CC(C)(C)NC(=O)c1cc(-c2cccs2)nn1-c1cccc([N+](=O)[O-])c1. The maximum Gasteiger partial charge on any atom is 0.271 e. The molecule has 0 fully saturated rings. The molecule has 26 heavy (non-hydrogen) atoms. The number of amides is 1. The van der Waals surface area contributed by atoms with E-state index in [1.165, 1.54) is 28.2 Å². The summed E-state index contributed by atoms with van der Waals surface area (Å²) in [6, 6.07) is 11.6. The summed E-state index contributed by atoms with van der Waals surface area (Å²) in [7, 11) is 0. The highest BCUT2D eigenvalue weighted by Crippen LogP contribution is 2.27. The van der Waals surface area contributed by atoms with Crippen LogP contribution in [0, 0.1) is 10.1 Å². The minimum absolute atomic E-state index is 0.0575. The lowest BCUT2D eigenvalue weighted by atomic mass is 10.1. The molecule has 2 aromatic heterocycles. The lowest BCUT2D eigenvalue weighted by Gasteiger charge is -2.20. The Kier molecular flexibility index (Phi) is 4.60. The van der Waals surface area contributed by atoms with Crippen LogP contribution in [0.5, 0.6) is 0 Å². The van der Waals surface area contributed by atoms with Crippen molar-refractivity contribution in [3.63, 3.8) is 0 Å². The third-order valence-electron chi connectivity index (χ3n) is 3.49. The van der Waals surface area contributed by atoms with Gasteiger partial charge in [0, 0.05) is 17.7 Å². The molecule has 1 amide bonds. The summed E-state index contributed by atoms with van der Waals surface area (Å²) >= 11 is 1.51. The maximum absolute atomic E-state index is 12.8. The number of thiophene rings is 1. The zero-order valence-corrected chi connectivity index (χ0v) is 15.4. The van der Waals surface area contributed by atoms with Crippen LogP contribution >= 0.6 is 11.3 Å². The first kappa shape index (κ1) is 17.8. The fraction of sp³-hybridized carbons (Fsp3) is 0.222. The molecule has 0 saturated heterocycles. The van der Waals surface area contributed by atoms with Crippen molar-refractivity contribution in [1.82, 2.24) is 15.1 Å². The summed E-state index contributed by atoms with van der Waals surface area (Å²) in [5.74, 6) is -0.292. The highest BCUT2D eigenvalue weighted by atomic mass is 32.1. The first-order valence-corrected chi connectivity index (χ1v) is 8.84. The molecule has 3 aromatic rings. The van der Waals surface area contributed by atoms with E-state index in [4.69, 9.17) is 0 Å². The van der Waals surface area contributed by atoms with Gasteiger partial charge in [-0.2, -0.15) is 5.10 Å². The number of nitrogens with zero attached hydrogens (tertiary/aromatic N) is 3. The molecule has 0 bridgehead atoms. The molecule has 0 radical (unpaired) electrons. The van der Waals surface area contributed by atoms with E-state index in [1.807, 2.05) is 38.3 Å². The number of nitro groups is 1. The number of carbonyl (C=O) groups excluding carboxylic acids is 1. The van der Waals surface area contributed by atoms with Crippen LogP contribution in [0.1, 0.15) is 31.3 Å². The average Bonchev–Trinajstić information content (AvgIpc) is 3.22. The van der Waals surface area contributed by atoms with Gasteiger partial charge in [0.2, 0.25) is 0 Å². The van der Waals surface area contributed by atoms with Gasteiger partial charge >= 0.3 is 0 Å². The number of hydrogen-bond acceptors (Lipinski definition) is 5. The number of benzene rings is 1. The van der Waals surface area contributed by atoms with E-state index in [-0.39, 0.29) is 11.6 Å². The predicted octanol–water partition coefficient (Wildman–Crippen LogP) is 4.04. The summed E-state index contributed by atoms with van der Waals surface area (Å²) in [5.41, 5.74) is 0.950. The van der Waals surface area contributed by atoms with Crippen molar-refractivity contribution < 1.29 is 9.72 Å². The number of aromatic nitrogens is 2. The standard InChI is InChI=1S/C18H18N4O3S/c1-18(2,3)19-17(23)15-11-14(16-8-5-9-26-16)20-21(15)12-6-4-7-13(10-12)22(24)25/h4-11H,1-3H3,(H,19,23). The van der Waals surface area contributed by atoms with Crippen molar-refractivity contribution in [3.8, 4) is 16.3 Å². The first-order valence-electron chi connectivity index (χ1n) is 7.96. The van der Waals surface area contributed by atoms with E-state index in [9.17, 15) is 14.9 Å². The van der Waals surface area contributed by atoms with Gasteiger partial charge in [-0.1, -0.05) is 12.1 Å². The summed E-state index contributed by atoms with van der Waals surface area (Å²) in [6.07, 6.45) is 0.